The van der Waals surface area contributed by atoms with Gasteiger partial charge < -0.3 is 15.4 Å². The zero-order chi connectivity index (χ0) is 14.4. The summed E-state index contributed by atoms with van der Waals surface area (Å²) >= 11 is 5.97. The van der Waals surface area contributed by atoms with Crippen LogP contribution >= 0.6 is 24.0 Å². The van der Waals surface area contributed by atoms with Crippen molar-refractivity contribution in [3.63, 3.8) is 0 Å². The Kier molecular flexibility index (Phi) is 8.04. The molecule has 0 aromatic heterocycles. The smallest absolute Gasteiger partial charge is 0.221 e. The summed E-state index contributed by atoms with van der Waals surface area (Å²) in [4.78, 5) is 11.9. The van der Waals surface area contributed by atoms with E-state index in [1.807, 2.05) is 24.3 Å². The molecule has 1 fully saturated rings. The molecule has 118 valence electrons. The van der Waals surface area contributed by atoms with Crippen molar-refractivity contribution >= 4 is 29.9 Å². The maximum Gasteiger partial charge on any atom is 0.221 e. The minimum atomic E-state index is -0.172. The number of methoxy groups -OCH3 is 1. The molecule has 2 N–H and O–H groups in total. The summed E-state index contributed by atoms with van der Waals surface area (Å²) in [6, 6.07) is 7.84. The molecule has 0 radical (unpaired) electrons. The lowest BCUT2D eigenvalue weighted by Crippen LogP contribution is -2.34. The Hall–Kier alpha value is -0.810. The van der Waals surface area contributed by atoms with Gasteiger partial charge in [0.15, 0.2) is 0 Å². The first-order valence-corrected chi connectivity index (χ1v) is 7.35. The molecular formula is C15H22Cl2N2O2. The zero-order valence-electron chi connectivity index (χ0n) is 12.1. The van der Waals surface area contributed by atoms with Crippen LogP contribution in [0.5, 0.6) is 0 Å². The van der Waals surface area contributed by atoms with Crippen molar-refractivity contribution < 1.29 is 9.53 Å². The quantitative estimate of drug-likeness (QED) is 0.842. The largest absolute Gasteiger partial charge is 0.375 e. The van der Waals surface area contributed by atoms with Gasteiger partial charge in [0, 0.05) is 31.1 Å². The summed E-state index contributed by atoms with van der Waals surface area (Å²) in [5.41, 5.74) is 0.972. The first-order chi connectivity index (χ1) is 9.69. The molecule has 1 amide bonds. The number of hydrogen-bond donors (Lipinski definition) is 2. The number of benzene rings is 1. The van der Waals surface area contributed by atoms with Gasteiger partial charge in [0.2, 0.25) is 5.91 Å². The van der Waals surface area contributed by atoms with Crippen molar-refractivity contribution in [1.29, 1.82) is 0 Å². The molecule has 1 aromatic rings. The molecule has 1 saturated heterocycles. The number of amides is 1. The summed E-state index contributed by atoms with van der Waals surface area (Å²) in [5, 5.41) is 6.92. The predicted octanol–water partition coefficient (Wildman–Crippen LogP) is 2.71. The third-order valence-electron chi connectivity index (χ3n) is 3.58. The van der Waals surface area contributed by atoms with E-state index in [9.17, 15) is 4.79 Å². The molecule has 1 aromatic carbocycles. The molecule has 0 aliphatic carbocycles. The SMILES string of the molecule is COC(CNC(=O)CC1CCCN1)c1cccc(Cl)c1.Cl. The minimum absolute atomic E-state index is 0. The van der Waals surface area contributed by atoms with E-state index in [0.29, 0.717) is 24.0 Å². The lowest BCUT2D eigenvalue weighted by atomic mass is 10.1. The van der Waals surface area contributed by atoms with Crippen LogP contribution in [-0.2, 0) is 9.53 Å². The van der Waals surface area contributed by atoms with E-state index in [4.69, 9.17) is 16.3 Å². The summed E-state index contributed by atoms with van der Waals surface area (Å²) in [6.45, 7) is 1.48. The number of nitrogens with one attached hydrogen (secondary N) is 2. The Morgan fingerprint density at radius 3 is 3.00 bits per heavy atom. The molecule has 6 heteroatoms. The van der Waals surface area contributed by atoms with E-state index in [1.54, 1.807) is 7.11 Å². The standard InChI is InChI=1S/C15H21ClN2O2.ClH/c1-20-14(11-4-2-5-12(16)8-11)10-18-15(19)9-13-6-3-7-17-13;/h2,4-5,8,13-14,17H,3,6-7,9-10H2,1H3,(H,18,19);1H. The van der Waals surface area contributed by atoms with Gasteiger partial charge in [-0.25, -0.2) is 0 Å². The Bertz CT molecular complexity index is 451. The van der Waals surface area contributed by atoms with Gasteiger partial charge in [-0.3, -0.25) is 4.79 Å². The molecule has 1 heterocycles. The molecule has 2 unspecified atom stereocenters. The summed E-state index contributed by atoms with van der Waals surface area (Å²) < 4.78 is 5.42. The Morgan fingerprint density at radius 2 is 2.38 bits per heavy atom. The van der Waals surface area contributed by atoms with Gasteiger partial charge in [-0.2, -0.15) is 0 Å². The van der Waals surface area contributed by atoms with Gasteiger partial charge in [-0.1, -0.05) is 23.7 Å². The van der Waals surface area contributed by atoms with Gasteiger partial charge in [0.1, 0.15) is 0 Å². The molecule has 0 bridgehead atoms. The third kappa shape index (κ3) is 5.83. The molecule has 0 spiro atoms. The van der Waals surface area contributed by atoms with E-state index in [0.717, 1.165) is 24.9 Å². The Labute approximate surface area is 137 Å². The van der Waals surface area contributed by atoms with Gasteiger partial charge >= 0.3 is 0 Å². The highest BCUT2D eigenvalue weighted by molar-refractivity contribution is 6.30. The second kappa shape index (κ2) is 9.26. The summed E-state index contributed by atoms with van der Waals surface area (Å²) in [6.07, 6.45) is 2.59. The normalized spacial score (nSPS) is 18.9. The number of carbonyl (C=O) groups excluding carboxylic acids is 1. The fourth-order valence-corrected chi connectivity index (χ4v) is 2.68. The Morgan fingerprint density at radius 1 is 1.57 bits per heavy atom. The van der Waals surface area contributed by atoms with Crippen LogP contribution in [0.25, 0.3) is 0 Å². The molecular weight excluding hydrogens is 311 g/mol. The van der Waals surface area contributed by atoms with Crippen molar-refractivity contribution in [2.75, 3.05) is 20.2 Å². The number of hydrogen-bond acceptors (Lipinski definition) is 3. The first kappa shape index (κ1) is 18.2. The molecule has 0 saturated carbocycles. The highest BCUT2D eigenvalue weighted by Crippen LogP contribution is 2.19. The van der Waals surface area contributed by atoms with E-state index < -0.39 is 0 Å². The average Bonchev–Trinajstić information content (AvgIpc) is 2.92. The van der Waals surface area contributed by atoms with Crippen LogP contribution in [-0.4, -0.2) is 32.1 Å². The van der Waals surface area contributed by atoms with Crippen molar-refractivity contribution in [1.82, 2.24) is 10.6 Å². The maximum absolute atomic E-state index is 11.9. The average molecular weight is 333 g/mol. The third-order valence-corrected chi connectivity index (χ3v) is 3.82. The molecule has 4 nitrogen and oxygen atoms in total. The summed E-state index contributed by atoms with van der Waals surface area (Å²) in [5.74, 6) is 0.0634. The zero-order valence-corrected chi connectivity index (χ0v) is 13.7. The number of rotatable bonds is 6. The minimum Gasteiger partial charge on any atom is -0.375 e. The van der Waals surface area contributed by atoms with E-state index in [-0.39, 0.29) is 24.4 Å². The van der Waals surface area contributed by atoms with Crippen molar-refractivity contribution in [3.8, 4) is 0 Å². The van der Waals surface area contributed by atoms with Crippen LogP contribution in [0.15, 0.2) is 24.3 Å². The van der Waals surface area contributed by atoms with Crippen LogP contribution < -0.4 is 10.6 Å². The van der Waals surface area contributed by atoms with Gasteiger partial charge in [0.25, 0.3) is 0 Å². The molecule has 2 rings (SSSR count). The van der Waals surface area contributed by atoms with Crippen LogP contribution in [0.1, 0.15) is 30.9 Å². The van der Waals surface area contributed by atoms with Crippen LogP contribution in [0, 0.1) is 0 Å². The summed E-state index contributed by atoms with van der Waals surface area (Å²) in [7, 11) is 1.64. The van der Waals surface area contributed by atoms with Gasteiger partial charge in [-0.15, -0.1) is 12.4 Å². The van der Waals surface area contributed by atoms with Gasteiger partial charge in [-0.05, 0) is 37.1 Å². The van der Waals surface area contributed by atoms with Crippen LogP contribution in [0.3, 0.4) is 0 Å². The highest BCUT2D eigenvalue weighted by atomic mass is 35.5. The molecule has 1 aliphatic heterocycles. The van der Waals surface area contributed by atoms with Crippen molar-refractivity contribution in [3.05, 3.63) is 34.9 Å². The second-order valence-corrected chi connectivity index (χ2v) is 5.52. The van der Waals surface area contributed by atoms with E-state index in [1.165, 1.54) is 0 Å². The maximum atomic E-state index is 11.9. The number of ether oxygens (including phenoxy) is 1. The van der Waals surface area contributed by atoms with E-state index >= 15 is 0 Å². The number of carbonyl (C=O) groups is 1. The number of halogens is 2. The van der Waals surface area contributed by atoms with Crippen molar-refractivity contribution in [2.45, 2.75) is 31.4 Å². The first-order valence-electron chi connectivity index (χ1n) is 6.97. The molecule has 2 atom stereocenters. The molecule has 21 heavy (non-hydrogen) atoms. The fourth-order valence-electron chi connectivity index (χ4n) is 2.48. The molecule has 1 aliphatic rings. The topological polar surface area (TPSA) is 50.4 Å². The van der Waals surface area contributed by atoms with Gasteiger partial charge in [0.05, 0.1) is 6.10 Å². The second-order valence-electron chi connectivity index (χ2n) is 5.08. The fraction of sp³-hybridized carbons (Fsp3) is 0.533. The lowest BCUT2D eigenvalue weighted by molar-refractivity contribution is -0.122. The Balaban J connectivity index is 0.00000220. The van der Waals surface area contributed by atoms with Crippen LogP contribution in [0.4, 0.5) is 0 Å². The predicted molar refractivity (Wildman–Crippen MR) is 87.1 cm³/mol. The lowest BCUT2D eigenvalue weighted by Gasteiger charge is -2.17. The highest BCUT2D eigenvalue weighted by Gasteiger charge is 2.18. The van der Waals surface area contributed by atoms with E-state index in [2.05, 4.69) is 10.6 Å². The van der Waals surface area contributed by atoms with Crippen molar-refractivity contribution in [2.24, 2.45) is 0 Å². The monoisotopic (exact) mass is 332 g/mol. The van der Waals surface area contributed by atoms with Crippen LogP contribution in [0.2, 0.25) is 5.02 Å².